The SMILES string of the molecule is C=C/C=C\C=C\c1cc(/C(C)=C/C(=N\C(=C)C2C=CC=CC2)c2ccc3c(c2)oc2ccccc23)cc(C2C=CC=CC2)c1C. The second kappa shape index (κ2) is 13.6. The van der Waals surface area contributed by atoms with Gasteiger partial charge in [0, 0.05) is 33.9 Å². The van der Waals surface area contributed by atoms with Crippen LogP contribution in [-0.2, 0) is 0 Å². The van der Waals surface area contributed by atoms with E-state index in [9.17, 15) is 0 Å². The molecule has 0 N–H and O–H groups in total. The summed E-state index contributed by atoms with van der Waals surface area (Å²) in [5.41, 5.74) is 10.6. The lowest BCUT2D eigenvalue weighted by Gasteiger charge is -2.20. The third-order valence-electron chi connectivity index (χ3n) is 8.66. The monoisotopic (exact) mass is 585 g/mol. The van der Waals surface area contributed by atoms with E-state index in [0.717, 1.165) is 57.3 Å². The van der Waals surface area contributed by atoms with Crippen LogP contribution in [0.5, 0.6) is 0 Å². The Morgan fingerprint density at radius 2 is 1.64 bits per heavy atom. The third-order valence-corrected chi connectivity index (χ3v) is 8.66. The summed E-state index contributed by atoms with van der Waals surface area (Å²) in [6.07, 6.45) is 31.5. The van der Waals surface area contributed by atoms with Gasteiger partial charge < -0.3 is 4.42 Å². The van der Waals surface area contributed by atoms with E-state index in [1.165, 1.54) is 22.3 Å². The highest BCUT2D eigenvalue weighted by Gasteiger charge is 2.17. The van der Waals surface area contributed by atoms with Gasteiger partial charge in [-0.15, -0.1) is 0 Å². The zero-order chi connectivity index (χ0) is 31.2. The molecule has 0 fully saturated rings. The van der Waals surface area contributed by atoms with E-state index in [1.807, 2.05) is 24.3 Å². The zero-order valence-electron chi connectivity index (χ0n) is 26.1. The fourth-order valence-corrected chi connectivity index (χ4v) is 6.08. The largest absolute Gasteiger partial charge is 0.456 e. The van der Waals surface area contributed by atoms with Crippen LogP contribution in [0.25, 0.3) is 33.6 Å². The van der Waals surface area contributed by atoms with Gasteiger partial charge in [-0.1, -0.05) is 122 Å². The second-order valence-electron chi connectivity index (χ2n) is 11.7. The maximum atomic E-state index is 6.27. The van der Waals surface area contributed by atoms with Crippen molar-refractivity contribution in [1.82, 2.24) is 0 Å². The number of benzene rings is 3. The molecule has 1 heterocycles. The van der Waals surface area contributed by atoms with Gasteiger partial charge in [0.25, 0.3) is 0 Å². The van der Waals surface area contributed by atoms with E-state index < -0.39 is 0 Å². The quantitative estimate of drug-likeness (QED) is 0.142. The number of nitrogens with zero attached hydrogens (tertiary/aromatic N) is 1. The highest BCUT2D eigenvalue weighted by atomic mass is 16.3. The molecule has 0 saturated carbocycles. The van der Waals surface area contributed by atoms with E-state index in [4.69, 9.17) is 9.41 Å². The number of aliphatic imine (C=N–C) groups is 1. The van der Waals surface area contributed by atoms with Crippen LogP contribution >= 0.6 is 0 Å². The molecular formula is C43H39NO. The Balaban J connectivity index is 1.46. The van der Waals surface area contributed by atoms with Crippen molar-refractivity contribution in [3.8, 4) is 0 Å². The van der Waals surface area contributed by atoms with Crippen molar-refractivity contribution in [3.63, 3.8) is 0 Å². The van der Waals surface area contributed by atoms with E-state index >= 15 is 0 Å². The molecule has 0 saturated heterocycles. The third kappa shape index (κ3) is 6.66. The predicted molar refractivity (Wildman–Crippen MR) is 195 cm³/mol. The number of allylic oxidation sites excluding steroid dienone is 14. The van der Waals surface area contributed by atoms with Crippen LogP contribution < -0.4 is 0 Å². The molecule has 2 atom stereocenters. The molecule has 4 aromatic rings. The lowest BCUT2D eigenvalue weighted by Crippen LogP contribution is -2.05. The van der Waals surface area contributed by atoms with Crippen molar-refractivity contribution in [2.75, 3.05) is 0 Å². The fraction of sp³-hybridized carbons (Fsp3) is 0.140. The van der Waals surface area contributed by atoms with Gasteiger partial charge in [0.2, 0.25) is 0 Å². The Kier molecular flexibility index (Phi) is 9.03. The topological polar surface area (TPSA) is 25.5 Å². The van der Waals surface area contributed by atoms with Gasteiger partial charge in [-0.05, 0) is 84.9 Å². The van der Waals surface area contributed by atoms with Crippen molar-refractivity contribution in [1.29, 1.82) is 0 Å². The average molecular weight is 586 g/mol. The molecule has 0 amide bonds. The highest BCUT2D eigenvalue weighted by molar-refractivity contribution is 6.15. The van der Waals surface area contributed by atoms with E-state index in [2.05, 4.69) is 136 Å². The molecule has 0 radical (unpaired) electrons. The van der Waals surface area contributed by atoms with Crippen LogP contribution in [0.15, 0.2) is 162 Å². The summed E-state index contributed by atoms with van der Waals surface area (Å²) in [6.45, 7) is 12.6. The maximum Gasteiger partial charge on any atom is 0.136 e. The lowest BCUT2D eigenvalue weighted by molar-refractivity contribution is 0.669. The molecule has 2 unspecified atom stereocenters. The summed E-state index contributed by atoms with van der Waals surface area (Å²) in [5.74, 6) is 0.513. The molecule has 2 aliphatic carbocycles. The summed E-state index contributed by atoms with van der Waals surface area (Å²) in [5, 5.41) is 2.23. The molecule has 1 aromatic heterocycles. The molecule has 0 bridgehead atoms. The van der Waals surface area contributed by atoms with Gasteiger partial charge in [0.05, 0.1) is 5.71 Å². The minimum absolute atomic E-state index is 0.172. The first-order chi connectivity index (χ1) is 22.0. The smallest absolute Gasteiger partial charge is 0.136 e. The average Bonchev–Trinajstić information content (AvgIpc) is 3.45. The standard InChI is InChI=1S/C43H39NO/c1-5-6-7-10-21-35-27-37(28-40(31(35)3)34-19-13-9-14-20-34)30(2)26-41(44-32(4)33-17-11-8-12-18-33)36-24-25-39-38-22-15-16-23-42(38)45-43(39)29-36/h5-17,19,21-29,33-34H,1,4,18,20H2,2-3H3/b7-6-,21-10+,30-26+,44-41+. The number of hydrogen-bond donors (Lipinski definition) is 0. The molecular weight excluding hydrogens is 546 g/mol. The van der Waals surface area contributed by atoms with E-state index in [0.29, 0.717) is 5.92 Å². The van der Waals surface area contributed by atoms with Crippen molar-refractivity contribution >= 4 is 39.3 Å². The summed E-state index contributed by atoms with van der Waals surface area (Å²) in [7, 11) is 0. The minimum atomic E-state index is 0.172. The first-order valence-corrected chi connectivity index (χ1v) is 15.7. The zero-order valence-corrected chi connectivity index (χ0v) is 26.1. The Bertz CT molecular complexity index is 2010. The maximum absolute atomic E-state index is 6.27. The molecule has 2 nitrogen and oxygen atoms in total. The van der Waals surface area contributed by atoms with Gasteiger partial charge in [-0.2, -0.15) is 0 Å². The van der Waals surface area contributed by atoms with Gasteiger partial charge in [-0.3, -0.25) is 4.99 Å². The number of hydrogen-bond acceptors (Lipinski definition) is 2. The molecule has 0 aliphatic heterocycles. The Hall–Kier alpha value is -5.21. The van der Waals surface area contributed by atoms with Gasteiger partial charge in [-0.25, -0.2) is 0 Å². The summed E-state index contributed by atoms with van der Waals surface area (Å²) >= 11 is 0. The first kappa shape index (κ1) is 29.8. The number of rotatable bonds is 9. The highest BCUT2D eigenvalue weighted by Crippen LogP contribution is 2.34. The number of para-hydroxylation sites is 1. The molecule has 6 rings (SSSR count). The summed E-state index contributed by atoms with van der Waals surface area (Å²) in [6, 6.07) is 19.2. The fourth-order valence-electron chi connectivity index (χ4n) is 6.08. The molecule has 45 heavy (non-hydrogen) atoms. The van der Waals surface area contributed by atoms with Crippen LogP contribution in [0.4, 0.5) is 0 Å². The molecule has 2 heteroatoms. The second-order valence-corrected chi connectivity index (χ2v) is 11.7. The van der Waals surface area contributed by atoms with Crippen LogP contribution in [0.1, 0.15) is 53.5 Å². The Morgan fingerprint density at radius 3 is 2.42 bits per heavy atom. The van der Waals surface area contributed by atoms with Gasteiger partial charge in [0.15, 0.2) is 0 Å². The number of fused-ring (bicyclic) bond motifs is 3. The first-order valence-electron chi connectivity index (χ1n) is 15.7. The number of furan rings is 1. The van der Waals surface area contributed by atoms with Crippen LogP contribution in [0.2, 0.25) is 0 Å². The van der Waals surface area contributed by atoms with E-state index in [-0.39, 0.29) is 5.92 Å². The van der Waals surface area contributed by atoms with Gasteiger partial charge in [0.1, 0.15) is 11.2 Å². The van der Waals surface area contributed by atoms with Crippen molar-refractivity contribution < 1.29 is 4.42 Å². The van der Waals surface area contributed by atoms with Crippen molar-refractivity contribution in [2.24, 2.45) is 10.9 Å². The molecule has 2 aliphatic rings. The molecule has 3 aromatic carbocycles. The Morgan fingerprint density at radius 1 is 0.844 bits per heavy atom. The minimum Gasteiger partial charge on any atom is -0.456 e. The summed E-state index contributed by atoms with van der Waals surface area (Å²) in [4.78, 5) is 5.19. The van der Waals surface area contributed by atoms with Crippen molar-refractivity contribution in [3.05, 3.63) is 180 Å². The molecule has 0 spiro atoms. The van der Waals surface area contributed by atoms with Crippen LogP contribution in [-0.4, -0.2) is 5.71 Å². The lowest BCUT2D eigenvalue weighted by atomic mass is 9.85. The van der Waals surface area contributed by atoms with Crippen molar-refractivity contribution in [2.45, 2.75) is 32.6 Å². The Labute approximate surface area is 266 Å². The van der Waals surface area contributed by atoms with E-state index in [1.54, 1.807) is 6.08 Å². The summed E-state index contributed by atoms with van der Waals surface area (Å²) < 4.78 is 6.27. The van der Waals surface area contributed by atoms with Gasteiger partial charge >= 0.3 is 0 Å². The predicted octanol–water partition coefficient (Wildman–Crippen LogP) is 11.8. The normalized spacial score (nSPS) is 18.6. The molecule has 222 valence electrons. The van der Waals surface area contributed by atoms with Crippen LogP contribution in [0, 0.1) is 12.8 Å². The van der Waals surface area contributed by atoms with Crippen LogP contribution in [0.3, 0.4) is 0 Å².